The lowest BCUT2D eigenvalue weighted by Gasteiger charge is -2.29. The summed E-state index contributed by atoms with van der Waals surface area (Å²) in [6.45, 7) is 2.20. The number of amides is 1. The molecule has 2 rings (SSSR count). The second-order valence-corrected chi connectivity index (χ2v) is 5.89. The van der Waals surface area contributed by atoms with Gasteiger partial charge in [-0.05, 0) is 36.5 Å². The molecular formula is C17H23NO3. The molecule has 114 valence electrons. The van der Waals surface area contributed by atoms with Crippen LogP contribution in [-0.2, 0) is 11.2 Å². The number of hydrogen-bond donors (Lipinski definition) is 2. The number of aromatic carboxylic acids is 1. The second-order valence-electron chi connectivity index (χ2n) is 5.89. The van der Waals surface area contributed by atoms with Crippen molar-refractivity contribution < 1.29 is 14.7 Å². The fraction of sp³-hybridized carbons (Fsp3) is 0.529. The SMILES string of the molecule is CCC1CCCC(NC(=O)Cc2cccc(C(=O)O)c2)C1. The highest BCUT2D eigenvalue weighted by molar-refractivity contribution is 5.88. The molecule has 0 saturated heterocycles. The number of rotatable bonds is 5. The average Bonchev–Trinajstić information content (AvgIpc) is 2.47. The highest BCUT2D eigenvalue weighted by Crippen LogP contribution is 2.26. The Labute approximate surface area is 125 Å². The zero-order valence-corrected chi connectivity index (χ0v) is 12.5. The summed E-state index contributed by atoms with van der Waals surface area (Å²) in [6.07, 6.45) is 5.98. The number of hydrogen-bond acceptors (Lipinski definition) is 2. The molecule has 0 radical (unpaired) electrons. The van der Waals surface area contributed by atoms with Crippen molar-refractivity contribution in [1.29, 1.82) is 0 Å². The molecule has 0 heterocycles. The molecule has 0 spiro atoms. The Balaban J connectivity index is 1.89. The molecule has 1 aliphatic rings. The molecule has 4 nitrogen and oxygen atoms in total. The van der Waals surface area contributed by atoms with Crippen LogP contribution < -0.4 is 5.32 Å². The molecule has 0 bridgehead atoms. The van der Waals surface area contributed by atoms with Crippen LogP contribution in [-0.4, -0.2) is 23.0 Å². The molecule has 2 N–H and O–H groups in total. The maximum Gasteiger partial charge on any atom is 0.335 e. The van der Waals surface area contributed by atoms with Crippen LogP contribution in [0.25, 0.3) is 0 Å². The molecule has 1 saturated carbocycles. The third-order valence-corrected chi connectivity index (χ3v) is 4.26. The van der Waals surface area contributed by atoms with E-state index in [1.807, 2.05) is 0 Å². The molecule has 2 unspecified atom stereocenters. The summed E-state index contributed by atoms with van der Waals surface area (Å²) in [5.74, 6) is -0.256. The molecule has 1 aliphatic carbocycles. The van der Waals surface area contributed by atoms with E-state index < -0.39 is 5.97 Å². The van der Waals surface area contributed by atoms with Gasteiger partial charge in [-0.25, -0.2) is 4.79 Å². The first-order chi connectivity index (χ1) is 10.1. The van der Waals surface area contributed by atoms with Crippen LogP contribution >= 0.6 is 0 Å². The van der Waals surface area contributed by atoms with E-state index in [2.05, 4.69) is 12.2 Å². The van der Waals surface area contributed by atoms with Crippen molar-refractivity contribution in [3.8, 4) is 0 Å². The predicted octanol–water partition coefficient (Wildman–Crippen LogP) is 3.01. The number of benzene rings is 1. The first-order valence-corrected chi connectivity index (χ1v) is 7.70. The first-order valence-electron chi connectivity index (χ1n) is 7.70. The van der Waals surface area contributed by atoms with E-state index in [0.717, 1.165) is 24.3 Å². The Morgan fingerprint density at radius 1 is 1.33 bits per heavy atom. The Hall–Kier alpha value is -1.84. The van der Waals surface area contributed by atoms with Crippen LogP contribution in [0.15, 0.2) is 24.3 Å². The molecule has 4 heteroatoms. The van der Waals surface area contributed by atoms with Crippen molar-refractivity contribution in [2.24, 2.45) is 5.92 Å². The van der Waals surface area contributed by atoms with Gasteiger partial charge in [-0.1, -0.05) is 38.3 Å². The maximum atomic E-state index is 12.1. The van der Waals surface area contributed by atoms with Crippen molar-refractivity contribution in [3.63, 3.8) is 0 Å². The van der Waals surface area contributed by atoms with Crippen molar-refractivity contribution >= 4 is 11.9 Å². The molecule has 2 atom stereocenters. The summed E-state index contributed by atoms with van der Waals surface area (Å²) in [5.41, 5.74) is 0.972. The lowest BCUT2D eigenvalue weighted by molar-refractivity contribution is -0.121. The van der Waals surface area contributed by atoms with E-state index in [9.17, 15) is 9.59 Å². The Kier molecular flexibility index (Phi) is 5.37. The van der Waals surface area contributed by atoms with Crippen molar-refractivity contribution in [3.05, 3.63) is 35.4 Å². The van der Waals surface area contributed by atoms with Gasteiger partial charge in [0.25, 0.3) is 0 Å². The van der Waals surface area contributed by atoms with E-state index in [1.54, 1.807) is 18.2 Å². The van der Waals surface area contributed by atoms with Crippen molar-refractivity contribution in [2.75, 3.05) is 0 Å². The Morgan fingerprint density at radius 3 is 2.86 bits per heavy atom. The highest BCUT2D eigenvalue weighted by atomic mass is 16.4. The van der Waals surface area contributed by atoms with Gasteiger partial charge in [0.2, 0.25) is 5.91 Å². The quantitative estimate of drug-likeness (QED) is 0.875. The van der Waals surface area contributed by atoms with Crippen LogP contribution in [0.5, 0.6) is 0 Å². The van der Waals surface area contributed by atoms with Gasteiger partial charge in [0.1, 0.15) is 0 Å². The summed E-state index contributed by atoms with van der Waals surface area (Å²) in [5, 5.41) is 12.1. The average molecular weight is 289 g/mol. The smallest absolute Gasteiger partial charge is 0.335 e. The van der Waals surface area contributed by atoms with Gasteiger partial charge >= 0.3 is 5.97 Å². The summed E-state index contributed by atoms with van der Waals surface area (Å²) < 4.78 is 0. The molecular weight excluding hydrogens is 266 g/mol. The fourth-order valence-corrected chi connectivity index (χ4v) is 3.07. The molecule has 1 fully saturated rings. The lowest BCUT2D eigenvalue weighted by atomic mass is 9.84. The van der Waals surface area contributed by atoms with Gasteiger partial charge in [0, 0.05) is 6.04 Å². The molecule has 0 aromatic heterocycles. The minimum Gasteiger partial charge on any atom is -0.478 e. The molecule has 0 aliphatic heterocycles. The molecule has 21 heavy (non-hydrogen) atoms. The third kappa shape index (κ3) is 4.59. The fourth-order valence-electron chi connectivity index (χ4n) is 3.07. The number of carbonyl (C=O) groups is 2. The van der Waals surface area contributed by atoms with Crippen molar-refractivity contribution in [2.45, 2.75) is 51.5 Å². The molecule has 1 aromatic rings. The molecule has 1 aromatic carbocycles. The Bertz CT molecular complexity index is 513. The summed E-state index contributed by atoms with van der Waals surface area (Å²) >= 11 is 0. The predicted molar refractivity (Wildman–Crippen MR) is 81.3 cm³/mol. The van der Waals surface area contributed by atoms with Crippen LogP contribution in [0.2, 0.25) is 0 Å². The van der Waals surface area contributed by atoms with Gasteiger partial charge in [0.05, 0.1) is 12.0 Å². The Morgan fingerprint density at radius 2 is 2.14 bits per heavy atom. The summed E-state index contributed by atoms with van der Waals surface area (Å²) in [6, 6.07) is 6.86. The number of nitrogens with one attached hydrogen (secondary N) is 1. The van der Waals surface area contributed by atoms with E-state index >= 15 is 0 Å². The summed E-state index contributed by atoms with van der Waals surface area (Å²) in [4.78, 5) is 23.0. The third-order valence-electron chi connectivity index (χ3n) is 4.26. The zero-order chi connectivity index (χ0) is 15.2. The minimum atomic E-state index is -0.963. The van der Waals surface area contributed by atoms with E-state index in [-0.39, 0.29) is 23.9 Å². The maximum absolute atomic E-state index is 12.1. The first kappa shape index (κ1) is 15.5. The van der Waals surface area contributed by atoms with Crippen LogP contribution in [0.1, 0.15) is 54.9 Å². The van der Waals surface area contributed by atoms with E-state index in [0.29, 0.717) is 0 Å². The van der Waals surface area contributed by atoms with Crippen molar-refractivity contribution in [1.82, 2.24) is 5.32 Å². The highest BCUT2D eigenvalue weighted by Gasteiger charge is 2.22. The largest absolute Gasteiger partial charge is 0.478 e. The second kappa shape index (κ2) is 7.25. The molecule has 1 amide bonds. The van der Waals surface area contributed by atoms with Crippen LogP contribution in [0, 0.1) is 5.92 Å². The standard InChI is InChI=1S/C17H23NO3/c1-2-12-5-4-8-15(10-12)18-16(19)11-13-6-3-7-14(9-13)17(20)21/h3,6-7,9,12,15H,2,4-5,8,10-11H2,1H3,(H,18,19)(H,20,21). The van der Waals surface area contributed by atoms with Gasteiger partial charge in [0.15, 0.2) is 0 Å². The van der Waals surface area contributed by atoms with Gasteiger partial charge in [-0.2, -0.15) is 0 Å². The van der Waals surface area contributed by atoms with E-state index in [4.69, 9.17) is 5.11 Å². The van der Waals surface area contributed by atoms with Gasteiger partial charge in [-0.15, -0.1) is 0 Å². The summed E-state index contributed by atoms with van der Waals surface area (Å²) in [7, 11) is 0. The minimum absolute atomic E-state index is 0.0145. The topological polar surface area (TPSA) is 66.4 Å². The van der Waals surface area contributed by atoms with Gasteiger partial charge < -0.3 is 10.4 Å². The number of carboxylic acid groups (broad SMARTS) is 1. The number of carbonyl (C=O) groups excluding carboxylic acids is 1. The van der Waals surface area contributed by atoms with Gasteiger partial charge in [-0.3, -0.25) is 4.79 Å². The number of carboxylic acids is 1. The lowest BCUT2D eigenvalue weighted by Crippen LogP contribution is -2.39. The van der Waals surface area contributed by atoms with E-state index in [1.165, 1.54) is 25.3 Å². The zero-order valence-electron chi connectivity index (χ0n) is 12.5. The van der Waals surface area contributed by atoms with Crippen LogP contribution in [0.4, 0.5) is 0 Å². The van der Waals surface area contributed by atoms with Crippen LogP contribution in [0.3, 0.4) is 0 Å². The normalized spacial score (nSPS) is 21.8. The monoisotopic (exact) mass is 289 g/mol.